The molecule has 2 aliphatic carbocycles. The molecule has 63 heavy (non-hydrogen) atoms. The monoisotopic (exact) mass is 801 g/mol. The Hall–Kier alpha value is -8.00. The van der Waals surface area contributed by atoms with E-state index in [4.69, 9.17) is 0 Å². The minimum Gasteiger partial charge on any atom is -0.310 e. The number of rotatable bonds is 7. The second-order valence-electron chi connectivity index (χ2n) is 16.9. The van der Waals surface area contributed by atoms with Crippen LogP contribution < -0.4 is 4.90 Å². The van der Waals surface area contributed by atoms with Gasteiger partial charge >= 0.3 is 0 Å². The van der Waals surface area contributed by atoms with Crippen LogP contribution in [-0.2, 0) is 0 Å². The van der Waals surface area contributed by atoms with Crippen LogP contribution in [-0.4, -0.2) is 0 Å². The SMILES string of the molecule is C1=CC2C=Cc3cc(-c4ccc(N(c5ccc(-c6cccc(-c7cccc8ccccc78)c6)cc5)c5cccc(-c6cccc7c6ccc6ccccc67)c5)cc4)ccc3C2C=C1. The molecular formula is C62H43N. The van der Waals surface area contributed by atoms with Gasteiger partial charge in [0.25, 0.3) is 0 Å². The van der Waals surface area contributed by atoms with Crippen LogP contribution in [0.25, 0.3) is 82.9 Å². The van der Waals surface area contributed by atoms with Gasteiger partial charge in [-0.05, 0) is 136 Å². The fourth-order valence-corrected chi connectivity index (χ4v) is 10.0. The van der Waals surface area contributed by atoms with Gasteiger partial charge in [-0.2, -0.15) is 0 Å². The Bertz CT molecular complexity index is 3450. The summed E-state index contributed by atoms with van der Waals surface area (Å²) in [5, 5.41) is 7.58. The Morgan fingerprint density at radius 1 is 0.317 bits per heavy atom. The number of allylic oxidation sites excluding steroid dienone is 5. The molecule has 1 nitrogen and oxygen atoms in total. The molecule has 0 amide bonds. The summed E-state index contributed by atoms with van der Waals surface area (Å²) in [6, 6.07) is 78.2. The highest BCUT2D eigenvalue weighted by Gasteiger charge is 2.24. The molecule has 0 aromatic heterocycles. The van der Waals surface area contributed by atoms with Crippen molar-refractivity contribution in [3.8, 4) is 44.5 Å². The Morgan fingerprint density at radius 3 is 1.68 bits per heavy atom. The van der Waals surface area contributed by atoms with Gasteiger partial charge in [-0.1, -0.05) is 200 Å². The molecule has 0 bridgehead atoms. The van der Waals surface area contributed by atoms with Crippen LogP contribution in [0.3, 0.4) is 0 Å². The lowest BCUT2D eigenvalue weighted by atomic mass is 9.76. The fourth-order valence-electron chi connectivity index (χ4n) is 10.0. The van der Waals surface area contributed by atoms with E-state index in [-0.39, 0.29) is 0 Å². The predicted octanol–water partition coefficient (Wildman–Crippen LogP) is 17.1. The van der Waals surface area contributed by atoms with Crippen molar-refractivity contribution in [3.05, 3.63) is 254 Å². The number of benzene rings is 10. The normalized spacial score (nSPS) is 15.1. The van der Waals surface area contributed by atoms with E-state index in [1.165, 1.54) is 88.0 Å². The summed E-state index contributed by atoms with van der Waals surface area (Å²) in [4.78, 5) is 2.39. The van der Waals surface area contributed by atoms with Crippen LogP contribution in [0.4, 0.5) is 17.1 Å². The van der Waals surface area contributed by atoms with Gasteiger partial charge in [-0.25, -0.2) is 0 Å². The van der Waals surface area contributed by atoms with Gasteiger partial charge < -0.3 is 4.90 Å². The van der Waals surface area contributed by atoms with Crippen molar-refractivity contribution in [2.75, 3.05) is 4.90 Å². The summed E-state index contributed by atoms with van der Waals surface area (Å²) in [6.07, 6.45) is 13.6. The van der Waals surface area contributed by atoms with Crippen LogP contribution in [0.1, 0.15) is 17.0 Å². The fraction of sp³-hybridized carbons (Fsp3) is 0.0323. The average Bonchev–Trinajstić information content (AvgIpc) is 3.36. The summed E-state index contributed by atoms with van der Waals surface area (Å²) in [6.45, 7) is 0. The first-order valence-electron chi connectivity index (χ1n) is 22.0. The maximum atomic E-state index is 2.39. The summed E-state index contributed by atoms with van der Waals surface area (Å²) < 4.78 is 0. The van der Waals surface area contributed by atoms with Gasteiger partial charge in [0, 0.05) is 28.9 Å². The molecule has 0 spiro atoms. The number of fused-ring (bicyclic) bond motifs is 7. The smallest absolute Gasteiger partial charge is 0.0467 e. The number of hydrogen-bond donors (Lipinski definition) is 0. The largest absolute Gasteiger partial charge is 0.310 e. The lowest BCUT2D eigenvalue weighted by Gasteiger charge is -2.28. The van der Waals surface area contributed by atoms with Crippen LogP contribution in [0.5, 0.6) is 0 Å². The maximum Gasteiger partial charge on any atom is 0.0467 e. The summed E-state index contributed by atoms with van der Waals surface area (Å²) >= 11 is 0. The first kappa shape index (κ1) is 36.8. The molecule has 2 atom stereocenters. The number of anilines is 3. The van der Waals surface area contributed by atoms with Crippen molar-refractivity contribution in [1.82, 2.24) is 0 Å². The zero-order valence-corrected chi connectivity index (χ0v) is 34.8. The van der Waals surface area contributed by atoms with Gasteiger partial charge in [0.15, 0.2) is 0 Å². The third-order valence-corrected chi connectivity index (χ3v) is 13.2. The van der Waals surface area contributed by atoms with E-state index in [9.17, 15) is 0 Å². The Kier molecular flexibility index (Phi) is 9.04. The second kappa shape index (κ2) is 15.5. The molecule has 12 rings (SSSR count). The molecule has 0 saturated carbocycles. The topological polar surface area (TPSA) is 3.24 Å². The summed E-state index contributed by atoms with van der Waals surface area (Å²) in [5.41, 5.74) is 15.7. The minimum atomic E-state index is 0.406. The van der Waals surface area contributed by atoms with Gasteiger partial charge in [-0.15, -0.1) is 0 Å². The Morgan fingerprint density at radius 2 is 0.889 bits per heavy atom. The summed E-state index contributed by atoms with van der Waals surface area (Å²) in [5.74, 6) is 0.843. The van der Waals surface area contributed by atoms with E-state index in [0.29, 0.717) is 11.8 Å². The Balaban J connectivity index is 0.931. The van der Waals surface area contributed by atoms with Crippen molar-refractivity contribution in [2.24, 2.45) is 5.92 Å². The molecule has 0 N–H and O–H groups in total. The van der Waals surface area contributed by atoms with E-state index in [1.807, 2.05) is 0 Å². The molecule has 10 aromatic carbocycles. The number of nitrogens with zero attached hydrogens (tertiary/aromatic N) is 1. The van der Waals surface area contributed by atoms with Gasteiger partial charge in [0.2, 0.25) is 0 Å². The molecule has 1 heteroatoms. The molecule has 0 aliphatic heterocycles. The number of hydrogen-bond acceptors (Lipinski definition) is 1. The van der Waals surface area contributed by atoms with E-state index in [1.54, 1.807) is 0 Å². The third kappa shape index (κ3) is 6.67. The zero-order chi connectivity index (χ0) is 41.7. The van der Waals surface area contributed by atoms with Gasteiger partial charge in [0.1, 0.15) is 0 Å². The molecule has 0 saturated heterocycles. The lowest BCUT2D eigenvalue weighted by molar-refractivity contribution is 0.692. The molecule has 0 fully saturated rings. The molecular weight excluding hydrogens is 759 g/mol. The van der Waals surface area contributed by atoms with Gasteiger partial charge in [-0.3, -0.25) is 0 Å². The second-order valence-corrected chi connectivity index (χ2v) is 16.9. The Labute approximate surface area is 368 Å². The highest BCUT2D eigenvalue weighted by molar-refractivity contribution is 6.12. The highest BCUT2D eigenvalue weighted by atomic mass is 15.1. The van der Waals surface area contributed by atoms with Crippen molar-refractivity contribution in [3.63, 3.8) is 0 Å². The first-order valence-corrected chi connectivity index (χ1v) is 22.0. The van der Waals surface area contributed by atoms with Crippen LogP contribution in [0, 0.1) is 5.92 Å². The quantitative estimate of drug-likeness (QED) is 0.145. The lowest BCUT2D eigenvalue weighted by Crippen LogP contribution is -2.13. The highest BCUT2D eigenvalue weighted by Crippen LogP contribution is 2.43. The van der Waals surface area contributed by atoms with Crippen molar-refractivity contribution in [1.29, 1.82) is 0 Å². The minimum absolute atomic E-state index is 0.406. The molecule has 296 valence electrons. The zero-order valence-electron chi connectivity index (χ0n) is 34.8. The molecule has 2 unspecified atom stereocenters. The van der Waals surface area contributed by atoms with Gasteiger partial charge in [0.05, 0.1) is 0 Å². The van der Waals surface area contributed by atoms with Crippen LogP contribution >= 0.6 is 0 Å². The van der Waals surface area contributed by atoms with Crippen molar-refractivity contribution in [2.45, 2.75) is 5.92 Å². The molecule has 10 aromatic rings. The van der Waals surface area contributed by atoms with E-state index in [0.717, 1.165) is 17.1 Å². The van der Waals surface area contributed by atoms with Crippen molar-refractivity contribution >= 4 is 55.5 Å². The first-order chi connectivity index (χ1) is 31.2. The van der Waals surface area contributed by atoms with Crippen LogP contribution in [0.15, 0.2) is 243 Å². The van der Waals surface area contributed by atoms with E-state index < -0.39 is 0 Å². The third-order valence-electron chi connectivity index (χ3n) is 13.2. The molecule has 0 heterocycles. The van der Waals surface area contributed by atoms with E-state index in [2.05, 4.69) is 254 Å². The van der Waals surface area contributed by atoms with Crippen molar-refractivity contribution < 1.29 is 0 Å². The summed E-state index contributed by atoms with van der Waals surface area (Å²) in [7, 11) is 0. The predicted molar refractivity (Wildman–Crippen MR) is 269 cm³/mol. The van der Waals surface area contributed by atoms with Crippen LogP contribution in [0.2, 0.25) is 0 Å². The van der Waals surface area contributed by atoms with E-state index >= 15 is 0 Å². The molecule has 2 aliphatic rings. The molecule has 0 radical (unpaired) electrons. The average molecular weight is 802 g/mol. The standard InChI is InChI=1S/C62H43N/c1-4-19-55-44(11-1)14-9-22-58(55)49-16-7-15-47(39-49)42-27-33-52(34-28-42)63(53-35-29-43(30-36-53)48-32-37-60-51(40-48)26-25-45-12-2-5-20-56(45)60)54-18-8-17-50(41-54)59-23-10-24-61-57-21-6-3-13-46(57)31-38-62(59)61/h1-41,45,56H. The maximum absolute atomic E-state index is 2.39.